The van der Waals surface area contributed by atoms with Gasteiger partial charge in [-0.15, -0.1) is 0 Å². The fraction of sp³-hybridized carbons (Fsp3) is 0.167. The number of amides is 2. The normalized spacial score (nSPS) is 11.4. The molecule has 2 aromatic heterocycles. The summed E-state index contributed by atoms with van der Waals surface area (Å²) in [5.41, 5.74) is 1.98. The van der Waals surface area contributed by atoms with Gasteiger partial charge in [0.05, 0.1) is 16.8 Å². The highest BCUT2D eigenvalue weighted by Gasteiger charge is 2.30. The van der Waals surface area contributed by atoms with Gasteiger partial charge >= 0.3 is 6.18 Å². The number of carbonyl (C=O) groups is 2. The van der Waals surface area contributed by atoms with Crippen LogP contribution in [0.5, 0.6) is 0 Å². The van der Waals surface area contributed by atoms with Crippen LogP contribution in [0, 0.1) is 6.92 Å². The van der Waals surface area contributed by atoms with E-state index in [0.717, 1.165) is 23.0 Å². The second kappa shape index (κ2) is 8.97. The third-order valence-electron chi connectivity index (χ3n) is 5.31. The van der Waals surface area contributed by atoms with Crippen LogP contribution in [0.2, 0.25) is 0 Å². The number of hydrogen-bond acceptors (Lipinski definition) is 4. The number of H-pyrrole nitrogens is 1. The van der Waals surface area contributed by atoms with Crippen molar-refractivity contribution in [3.63, 3.8) is 0 Å². The third-order valence-corrected chi connectivity index (χ3v) is 5.31. The van der Waals surface area contributed by atoms with Crippen molar-refractivity contribution in [3.8, 4) is 11.4 Å². The molecule has 2 aromatic carbocycles. The zero-order valence-corrected chi connectivity index (χ0v) is 18.2. The molecule has 2 amide bonds. The molecule has 4 aromatic rings. The van der Waals surface area contributed by atoms with E-state index in [0.29, 0.717) is 28.3 Å². The van der Waals surface area contributed by atoms with E-state index in [1.54, 1.807) is 19.1 Å². The van der Waals surface area contributed by atoms with E-state index < -0.39 is 17.6 Å². The monoisotopic (exact) mass is 467 g/mol. The lowest BCUT2D eigenvalue weighted by Crippen LogP contribution is -2.24. The number of aromatic nitrogens is 3. The summed E-state index contributed by atoms with van der Waals surface area (Å²) in [5.74, 6) is -0.379. The van der Waals surface area contributed by atoms with Crippen molar-refractivity contribution in [2.75, 3.05) is 7.05 Å². The molecule has 0 aliphatic heterocycles. The molecule has 34 heavy (non-hydrogen) atoms. The number of aryl methyl sites for hydroxylation is 1. The van der Waals surface area contributed by atoms with Crippen LogP contribution < -0.4 is 10.6 Å². The van der Waals surface area contributed by atoms with Gasteiger partial charge < -0.3 is 15.6 Å². The van der Waals surface area contributed by atoms with Crippen molar-refractivity contribution in [1.82, 2.24) is 25.6 Å². The van der Waals surface area contributed by atoms with Crippen LogP contribution in [0.3, 0.4) is 0 Å². The molecule has 0 fully saturated rings. The van der Waals surface area contributed by atoms with Gasteiger partial charge in [-0.25, -0.2) is 9.97 Å². The minimum atomic E-state index is -4.45. The average Bonchev–Trinajstić information content (AvgIpc) is 3.26. The Morgan fingerprint density at radius 1 is 1.06 bits per heavy atom. The lowest BCUT2D eigenvalue weighted by molar-refractivity contribution is -0.137. The second-order valence-corrected chi connectivity index (χ2v) is 7.60. The van der Waals surface area contributed by atoms with E-state index in [1.807, 2.05) is 12.1 Å². The summed E-state index contributed by atoms with van der Waals surface area (Å²) in [6.07, 6.45) is -3.08. The predicted octanol–water partition coefficient (Wildman–Crippen LogP) is 4.24. The number of alkyl halides is 3. The predicted molar refractivity (Wildman–Crippen MR) is 120 cm³/mol. The highest BCUT2D eigenvalue weighted by molar-refractivity contribution is 6.02. The molecule has 2 heterocycles. The van der Waals surface area contributed by atoms with E-state index in [-0.39, 0.29) is 18.0 Å². The summed E-state index contributed by atoms with van der Waals surface area (Å²) in [6.45, 7) is 1.58. The largest absolute Gasteiger partial charge is 0.416 e. The summed E-state index contributed by atoms with van der Waals surface area (Å²) < 4.78 is 38.7. The Labute approximate surface area is 192 Å². The van der Waals surface area contributed by atoms with Gasteiger partial charge in [0.2, 0.25) is 0 Å². The van der Waals surface area contributed by atoms with Crippen LogP contribution in [-0.2, 0) is 12.7 Å². The Kier molecular flexibility index (Phi) is 6.06. The van der Waals surface area contributed by atoms with E-state index in [1.165, 1.54) is 25.4 Å². The minimum Gasteiger partial charge on any atom is -0.354 e. The summed E-state index contributed by atoms with van der Waals surface area (Å²) in [5, 5.41) is 5.93. The molecule has 0 unspecified atom stereocenters. The number of nitrogens with zero attached hydrogens (tertiary/aromatic N) is 2. The van der Waals surface area contributed by atoms with Gasteiger partial charge in [-0.1, -0.05) is 24.3 Å². The van der Waals surface area contributed by atoms with Crippen LogP contribution in [0.4, 0.5) is 13.2 Å². The van der Waals surface area contributed by atoms with Crippen LogP contribution in [0.15, 0.2) is 54.7 Å². The van der Waals surface area contributed by atoms with E-state index in [9.17, 15) is 22.8 Å². The fourth-order valence-corrected chi connectivity index (χ4v) is 3.56. The molecule has 4 rings (SSSR count). The van der Waals surface area contributed by atoms with E-state index in [2.05, 4.69) is 25.6 Å². The standard InChI is InChI=1S/C24H20F3N5O2/c1-13-18(22(33)30-11-14-5-3-6-15(9-14)24(25,26)27)12-29-21(31-13)16-7-4-8-19-17(16)10-20(32-19)23(34)28-2/h3-10,12,32H,11H2,1-2H3,(H,28,34)(H,30,33). The molecule has 3 N–H and O–H groups in total. The molecular weight excluding hydrogens is 447 g/mol. The Morgan fingerprint density at radius 2 is 1.82 bits per heavy atom. The van der Waals surface area contributed by atoms with Crippen molar-refractivity contribution in [2.45, 2.75) is 19.6 Å². The van der Waals surface area contributed by atoms with Crippen LogP contribution >= 0.6 is 0 Å². The van der Waals surface area contributed by atoms with Crippen LogP contribution in [0.1, 0.15) is 37.7 Å². The molecule has 10 heteroatoms. The SMILES string of the molecule is CNC(=O)c1cc2c(-c3ncc(C(=O)NCc4cccc(C(F)(F)F)c4)c(C)n3)cccc2[nH]1. The Hall–Kier alpha value is -4.21. The lowest BCUT2D eigenvalue weighted by atomic mass is 10.1. The van der Waals surface area contributed by atoms with Gasteiger partial charge in [0.1, 0.15) is 5.69 Å². The molecule has 0 spiro atoms. The first-order chi connectivity index (χ1) is 16.2. The van der Waals surface area contributed by atoms with Gasteiger partial charge in [0.15, 0.2) is 5.82 Å². The van der Waals surface area contributed by atoms with Gasteiger partial charge in [-0.2, -0.15) is 13.2 Å². The highest BCUT2D eigenvalue weighted by atomic mass is 19.4. The first-order valence-electron chi connectivity index (χ1n) is 10.3. The smallest absolute Gasteiger partial charge is 0.354 e. The van der Waals surface area contributed by atoms with Crippen LogP contribution in [0.25, 0.3) is 22.3 Å². The third kappa shape index (κ3) is 4.61. The number of carbonyl (C=O) groups excluding carboxylic acids is 2. The minimum absolute atomic E-state index is 0.0745. The maximum absolute atomic E-state index is 12.9. The van der Waals surface area contributed by atoms with Crippen molar-refractivity contribution in [1.29, 1.82) is 0 Å². The Balaban J connectivity index is 1.55. The highest BCUT2D eigenvalue weighted by Crippen LogP contribution is 2.30. The first-order valence-corrected chi connectivity index (χ1v) is 10.3. The van der Waals surface area contributed by atoms with Crippen molar-refractivity contribution < 1.29 is 22.8 Å². The summed E-state index contributed by atoms with van der Waals surface area (Å²) in [4.78, 5) is 36.4. The molecule has 0 aliphatic carbocycles. The molecule has 0 saturated heterocycles. The topological polar surface area (TPSA) is 99.8 Å². The maximum atomic E-state index is 12.9. The number of benzene rings is 2. The molecule has 7 nitrogen and oxygen atoms in total. The molecule has 174 valence electrons. The number of fused-ring (bicyclic) bond motifs is 1. The maximum Gasteiger partial charge on any atom is 0.416 e. The molecular formula is C24H20F3N5O2. The molecule has 0 radical (unpaired) electrons. The van der Waals surface area contributed by atoms with Crippen molar-refractivity contribution >= 4 is 22.7 Å². The molecule has 0 bridgehead atoms. The number of nitrogens with one attached hydrogen (secondary N) is 3. The number of halogens is 3. The van der Waals surface area contributed by atoms with Gasteiger partial charge in [0.25, 0.3) is 11.8 Å². The number of aromatic amines is 1. The fourth-order valence-electron chi connectivity index (χ4n) is 3.56. The van der Waals surface area contributed by atoms with E-state index >= 15 is 0 Å². The summed E-state index contributed by atoms with van der Waals surface area (Å²) in [7, 11) is 1.54. The number of hydrogen-bond donors (Lipinski definition) is 3. The lowest BCUT2D eigenvalue weighted by Gasteiger charge is -2.11. The summed E-state index contributed by atoms with van der Waals surface area (Å²) in [6, 6.07) is 11.9. The molecule has 0 saturated carbocycles. The first kappa shape index (κ1) is 23.0. The van der Waals surface area contributed by atoms with Gasteiger partial charge in [0, 0.05) is 36.3 Å². The summed E-state index contributed by atoms with van der Waals surface area (Å²) >= 11 is 0. The molecule has 0 aliphatic rings. The second-order valence-electron chi connectivity index (χ2n) is 7.60. The van der Waals surface area contributed by atoms with Crippen molar-refractivity contribution in [3.05, 3.63) is 82.8 Å². The zero-order valence-electron chi connectivity index (χ0n) is 18.2. The average molecular weight is 467 g/mol. The van der Waals surface area contributed by atoms with Crippen molar-refractivity contribution in [2.24, 2.45) is 0 Å². The van der Waals surface area contributed by atoms with Gasteiger partial charge in [-0.3, -0.25) is 9.59 Å². The number of rotatable bonds is 5. The Morgan fingerprint density at radius 3 is 2.53 bits per heavy atom. The quantitative estimate of drug-likeness (QED) is 0.409. The molecule has 0 atom stereocenters. The van der Waals surface area contributed by atoms with Crippen LogP contribution in [-0.4, -0.2) is 33.8 Å². The zero-order chi connectivity index (χ0) is 24.5. The van der Waals surface area contributed by atoms with Gasteiger partial charge in [-0.05, 0) is 36.8 Å². The van der Waals surface area contributed by atoms with E-state index in [4.69, 9.17) is 0 Å². The Bertz CT molecular complexity index is 1400.